The van der Waals surface area contributed by atoms with E-state index < -0.39 is 0 Å². The summed E-state index contributed by atoms with van der Waals surface area (Å²) in [6.45, 7) is 2.34. The van der Waals surface area contributed by atoms with Gasteiger partial charge in [0.25, 0.3) is 5.22 Å². The number of ketones is 1. The second-order valence-corrected chi connectivity index (χ2v) is 6.39. The van der Waals surface area contributed by atoms with Crippen LogP contribution in [0, 0.1) is 6.92 Å². The third-order valence-corrected chi connectivity index (χ3v) is 4.41. The Morgan fingerprint density at radius 3 is 3.05 bits per heavy atom. The van der Waals surface area contributed by atoms with Crippen LogP contribution < -0.4 is 0 Å². The van der Waals surface area contributed by atoms with Crippen molar-refractivity contribution in [2.75, 3.05) is 5.75 Å². The molecule has 0 saturated heterocycles. The van der Waals surface area contributed by atoms with Gasteiger partial charge in [0.2, 0.25) is 5.89 Å². The summed E-state index contributed by atoms with van der Waals surface area (Å²) in [5, 5.41) is 12.2. The van der Waals surface area contributed by atoms with Gasteiger partial charge >= 0.3 is 0 Å². The SMILES string of the molecule is Cc1ccc(C(=O)CSc2nnc(Cn3cncn3)o2)s1. The fourth-order valence-electron chi connectivity index (χ4n) is 1.60. The molecular formula is C12H11N5O2S2. The van der Waals surface area contributed by atoms with E-state index in [1.165, 1.54) is 29.4 Å². The maximum Gasteiger partial charge on any atom is 0.277 e. The molecule has 0 bridgehead atoms. The summed E-state index contributed by atoms with van der Waals surface area (Å²) in [5.74, 6) is 0.779. The highest BCUT2D eigenvalue weighted by atomic mass is 32.2. The van der Waals surface area contributed by atoms with E-state index >= 15 is 0 Å². The molecule has 108 valence electrons. The smallest absolute Gasteiger partial charge is 0.277 e. The number of carbonyl (C=O) groups excluding carboxylic acids is 1. The van der Waals surface area contributed by atoms with Crippen molar-refractivity contribution in [1.29, 1.82) is 0 Å². The lowest BCUT2D eigenvalue weighted by molar-refractivity contribution is 0.102. The van der Waals surface area contributed by atoms with Gasteiger partial charge in [0.15, 0.2) is 5.78 Å². The highest BCUT2D eigenvalue weighted by Gasteiger charge is 2.13. The van der Waals surface area contributed by atoms with E-state index in [9.17, 15) is 4.79 Å². The zero-order valence-electron chi connectivity index (χ0n) is 11.1. The van der Waals surface area contributed by atoms with Crippen LogP contribution in [0.5, 0.6) is 0 Å². The predicted octanol–water partition coefficient (Wildman–Crippen LogP) is 2.05. The average Bonchev–Trinajstić information content (AvgIpc) is 3.19. The number of thioether (sulfide) groups is 1. The second kappa shape index (κ2) is 6.19. The lowest BCUT2D eigenvalue weighted by Crippen LogP contribution is -1.99. The Bertz CT molecular complexity index is 735. The Balaban J connectivity index is 1.56. The van der Waals surface area contributed by atoms with Crippen LogP contribution in [0.15, 0.2) is 34.4 Å². The molecule has 3 aromatic heterocycles. The number of Topliss-reactive ketones (excluding diaryl/α,β-unsaturated/α-hetero) is 1. The predicted molar refractivity (Wildman–Crippen MR) is 77.5 cm³/mol. The van der Waals surface area contributed by atoms with Gasteiger partial charge < -0.3 is 4.42 Å². The van der Waals surface area contributed by atoms with E-state index in [-0.39, 0.29) is 11.5 Å². The molecule has 0 aliphatic heterocycles. The molecule has 0 radical (unpaired) electrons. The van der Waals surface area contributed by atoms with Crippen molar-refractivity contribution in [2.45, 2.75) is 18.7 Å². The van der Waals surface area contributed by atoms with Crippen molar-refractivity contribution in [1.82, 2.24) is 25.0 Å². The number of aryl methyl sites for hydroxylation is 1. The summed E-state index contributed by atoms with van der Waals surface area (Å²) in [4.78, 5) is 17.7. The first kappa shape index (κ1) is 14.0. The number of aromatic nitrogens is 5. The molecule has 3 rings (SSSR count). The monoisotopic (exact) mass is 321 g/mol. The molecule has 0 aromatic carbocycles. The molecule has 0 fully saturated rings. The van der Waals surface area contributed by atoms with Gasteiger partial charge in [-0.05, 0) is 19.1 Å². The van der Waals surface area contributed by atoms with Crippen molar-refractivity contribution in [3.05, 3.63) is 40.4 Å². The Labute approximate surface area is 128 Å². The molecule has 0 saturated carbocycles. The van der Waals surface area contributed by atoms with Gasteiger partial charge in [-0.25, -0.2) is 9.67 Å². The van der Waals surface area contributed by atoms with Crippen molar-refractivity contribution in [3.63, 3.8) is 0 Å². The van der Waals surface area contributed by atoms with E-state index in [1.54, 1.807) is 11.0 Å². The molecule has 0 atom stereocenters. The molecule has 0 unspecified atom stereocenters. The van der Waals surface area contributed by atoms with E-state index in [4.69, 9.17) is 4.42 Å². The molecule has 0 aliphatic carbocycles. The molecule has 3 aromatic rings. The standard InChI is InChI=1S/C12H11N5O2S2/c1-8-2-3-10(21-8)9(18)5-20-12-16-15-11(19-12)4-17-7-13-6-14-17/h2-3,6-7H,4-5H2,1H3. The van der Waals surface area contributed by atoms with Crippen molar-refractivity contribution in [3.8, 4) is 0 Å². The summed E-state index contributed by atoms with van der Waals surface area (Å²) in [6.07, 6.45) is 3.01. The molecule has 0 amide bonds. The number of hydrogen-bond acceptors (Lipinski definition) is 8. The van der Waals surface area contributed by atoms with Gasteiger partial charge in [0, 0.05) is 4.88 Å². The minimum absolute atomic E-state index is 0.0640. The summed E-state index contributed by atoms with van der Waals surface area (Å²) in [7, 11) is 0. The zero-order valence-corrected chi connectivity index (χ0v) is 12.7. The van der Waals surface area contributed by atoms with Crippen LogP contribution in [0.4, 0.5) is 0 Å². The van der Waals surface area contributed by atoms with E-state index in [1.807, 2.05) is 19.1 Å². The minimum Gasteiger partial charge on any atom is -0.414 e. The highest BCUT2D eigenvalue weighted by Crippen LogP contribution is 2.21. The fourth-order valence-corrected chi connectivity index (χ4v) is 3.16. The lowest BCUT2D eigenvalue weighted by atomic mass is 10.3. The average molecular weight is 321 g/mol. The summed E-state index contributed by atoms with van der Waals surface area (Å²) >= 11 is 2.73. The van der Waals surface area contributed by atoms with Crippen molar-refractivity contribution < 1.29 is 9.21 Å². The largest absolute Gasteiger partial charge is 0.414 e. The van der Waals surface area contributed by atoms with Crippen LogP contribution in [0.2, 0.25) is 0 Å². The lowest BCUT2D eigenvalue weighted by Gasteiger charge is -1.95. The molecule has 3 heterocycles. The van der Waals surface area contributed by atoms with Crippen LogP contribution in [-0.4, -0.2) is 36.5 Å². The quantitative estimate of drug-likeness (QED) is 0.507. The van der Waals surface area contributed by atoms with Gasteiger partial charge in [-0.3, -0.25) is 4.79 Å². The third kappa shape index (κ3) is 3.56. The number of thiophene rings is 1. The van der Waals surface area contributed by atoms with Crippen LogP contribution in [0.1, 0.15) is 20.4 Å². The van der Waals surface area contributed by atoms with E-state index in [0.29, 0.717) is 17.7 Å². The van der Waals surface area contributed by atoms with Gasteiger partial charge in [0.05, 0.1) is 10.6 Å². The first-order chi connectivity index (χ1) is 10.2. The Morgan fingerprint density at radius 1 is 1.43 bits per heavy atom. The summed E-state index contributed by atoms with van der Waals surface area (Å²) < 4.78 is 7.04. The summed E-state index contributed by atoms with van der Waals surface area (Å²) in [6, 6.07) is 3.78. The molecular weight excluding hydrogens is 310 g/mol. The number of rotatable bonds is 6. The Morgan fingerprint density at radius 2 is 2.33 bits per heavy atom. The fraction of sp³-hybridized carbons (Fsp3) is 0.250. The van der Waals surface area contributed by atoms with Crippen LogP contribution in [-0.2, 0) is 6.54 Å². The van der Waals surface area contributed by atoms with Crippen molar-refractivity contribution >= 4 is 28.9 Å². The molecule has 7 nitrogen and oxygen atoms in total. The maximum atomic E-state index is 12.0. The first-order valence-electron chi connectivity index (χ1n) is 6.08. The molecule has 0 N–H and O–H groups in total. The molecule has 0 aliphatic rings. The minimum atomic E-state index is 0.0640. The third-order valence-electron chi connectivity index (χ3n) is 2.55. The number of carbonyl (C=O) groups is 1. The Kier molecular flexibility index (Phi) is 4.11. The van der Waals surface area contributed by atoms with E-state index in [2.05, 4.69) is 20.3 Å². The van der Waals surface area contributed by atoms with Crippen LogP contribution in [0.3, 0.4) is 0 Å². The van der Waals surface area contributed by atoms with Gasteiger partial charge in [-0.2, -0.15) is 5.10 Å². The first-order valence-corrected chi connectivity index (χ1v) is 7.88. The second-order valence-electron chi connectivity index (χ2n) is 4.18. The highest BCUT2D eigenvalue weighted by molar-refractivity contribution is 7.99. The molecule has 9 heteroatoms. The van der Waals surface area contributed by atoms with Gasteiger partial charge in [-0.15, -0.1) is 21.5 Å². The molecule has 21 heavy (non-hydrogen) atoms. The van der Waals surface area contributed by atoms with Crippen LogP contribution >= 0.6 is 23.1 Å². The normalized spacial score (nSPS) is 10.9. The molecule has 0 spiro atoms. The summed E-state index contributed by atoms with van der Waals surface area (Å²) in [5.41, 5.74) is 0. The van der Waals surface area contributed by atoms with E-state index in [0.717, 1.165) is 9.75 Å². The number of nitrogens with zero attached hydrogens (tertiary/aromatic N) is 5. The Hall–Kier alpha value is -2.00. The van der Waals surface area contributed by atoms with Crippen molar-refractivity contribution in [2.24, 2.45) is 0 Å². The van der Waals surface area contributed by atoms with Crippen LogP contribution in [0.25, 0.3) is 0 Å². The zero-order chi connectivity index (χ0) is 14.7. The van der Waals surface area contributed by atoms with Gasteiger partial charge in [-0.1, -0.05) is 11.8 Å². The van der Waals surface area contributed by atoms with Gasteiger partial charge in [0.1, 0.15) is 19.2 Å². The number of hydrogen-bond donors (Lipinski definition) is 0. The maximum absolute atomic E-state index is 12.0. The topological polar surface area (TPSA) is 86.7 Å².